The fourth-order valence-corrected chi connectivity index (χ4v) is 2.90. The topological polar surface area (TPSA) is 59.1 Å². The minimum absolute atomic E-state index is 0.177. The summed E-state index contributed by atoms with van der Waals surface area (Å²) in [7, 11) is 1.66. The Hall–Kier alpha value is -3.15. The fraction of sp³-hybridized carbons (Fsp3) is 0.273. The van der Waals surface area contributed by atoms with Gasteiger partial charge in [0.1, 0.15) is 29.0 Å². The number of hydrogen-bond donors (Lipinski definition) is 2. The van der Waals surface area contributed by atoms with E-state index in [4.69, 9.17) is 4.74 Å². The molecule has 6 heteroatoms. The zero-order valence-corrected chi connectivity index (χ0v) is 16.2. The number of nitrogens with one attached hydrogen (secondary N) is 2. The van der Waals surface area contributed by atoms with Gasteiger partial charge in [0.05, 0.1) is 7.11 Å². The predicted molar refractivity (Wildman–Crippen MR) is 111 cm³/mol. The van der Waals surface area contributed by atoms with Crippen molar-refractivity contribution in [3.63, 3.8) is 0 Å². The number of benzene rings is 2. The van der Waals surface area contributed by atoms with Crippen molar-refractivity contribution in [2.24, 2.45) is 0 Å². The van der Waals surface area contributed by atoms with Crippen LogP contribution in [0.3, 0.4) is 0 Å². The van der Waals surface area contributed by atoms with Gasteiger partial charge in [0.2, 0.25) is 0 Å². The van der Waals surface area contributed by atoms with Gasteiger partial charge in [0, 0.05) is 19.2 Å². The number of rotatable bonds is 9. The molecule has 146 valence electrons. The van der Waals surface area contributed by atoms with Crippen molar-refractivity contribution in [1.82, 2.24) is 9.97 Å². The highest BCUT2D eigenvalue weighted by Crippen LogP contribution is 2.14. The molecule has 1 aromatic heterocycles. The van der Waals surface area contributed by atoms with E-state index in [0.29, 0.717) is 24.4 Å². The lowest BCUT2D eigenvalue weighted by Gasteiger charge is -2.11. The molecule has 0 spiro atoms. The highest BCUT2D eigenvalue weighted by Gasteiger charge is 2.04. The number of methoxy groups -OCH3 is 1. The standard InChI is InChI=1S/C22H25FN4O/c1-16-26-21(24-13-11-17-7-9-19(28-2)10-8-17)15-22(27-16)25-14-12-18-5-3-4-6-20(18)23/h3-10,15H,11-14H2,1-2H3,(H2,24,25,26,27). The molecule has 0 saturated heterocycles. The van der Waals surface area contributed by atoms with Gasteiger partial charge < -0.3 is 15.4 Å². The van der Waals surface area contributed by atoms with Crippen LogP contribution in [0.15, 0.2) is 54.6 Å². The molecule has 0 aliphatic heterocycles. The normalized spacial score (nSPS) is 10.5. The third-order valence-corrected chi connectivity index (χ3v) is 4.38. The maximum atomic E-state index is 13.7. The molecule has 1 heterocycles. The second kappa shape index (κ2) is 9.69. The highest BCUT2D eigenvalue weighted by atomic mass is 19.1. The van der Waals surface area contributed by atoms with Crippen molar-refractivity contribution in [2.45, 2.75) is 19.8 Å². The van der Waals surface area contributed by atoms with Crippen LogP contribution in [0.4, 0.5) is 16.0 Å². The first-order valence-corrected chi connectivity index (χ1v) is 9.34. The molecule has 2 aromatic carbocycles. The lowest BCUT2D eigenvalue weighted by Crippen LogP contribution is -2.11. The molecular formula is C22H25FN4O. The number of anilines is 2. The third-order valence-electron chi connectivity index (χ3n) is 4.38. The Labute approximate surface area is 165 Å². The van der Waals surface area contributed by atoms with Gasteiger partial charge in [-0.1, -0.05) is 30.3 Å². The molecule has 3 rings (SSSR count). The van der Waals surface area contributed by atoms with Gasteiger partial charge in [0.15, 0.2) is 0 Å². The fourth-order valence-electron chi connectivity index (χ4n) is 2.90. The lowest BCUT2D eigenvalue weighted by molar-refractivity contribution is 0.414. The number of ether oxygens (including phenoxy) is 1. The summed E-state index contributed by atoms with van der Waals surface area (Å²) in [6, 6.07) is 16.7. The number of nitrogens with zero attached hydrogens (tertiary/aromatic N) is 2. The molecule has 0 amide bonds. The van der Waals surface area contributed by atoms with Crippen LogP contribution in [0.5, 0.6) is 5.75 Å². The summed E-state index contributed by atoms with van der Waals surface area (Å²) < 4.78 is 18.9. The first-order valence-electron chi connectivity index (χ1n) is 9.34. The van der Waals surface area contributed by atoms with Crippen LogP contribution in [0.1, 0.15) is 17.0 Å². The van der Waals surface area contributed by atoms with E-state index in [1.165, 1.54) is 11.6 Å². The van der Waals surface area contributed by atoms with Crippen molar-refractivity contribution in [1.29, 1.82) is 0 Å². The molecule has 0 fully saturated rings. The molecule has 0 radical (unpaired) electrons. The number of halogens is 1. The van der Waals surface area contributed by atoms with Gasteiger partial charge in [-0.05, 0) is 49.1 Å². The molecule has 3 aromatic rings. The van der Waals surface area contributed by atoms with Gasteiger partial charge in [-0.2, -0.15) is 0 Å². The zero-order chi connectivity index (χ0) is 19.8. The molecule has 0 aliphatic rings. The molecule has 0 bridgehead atoms. The average Bonchev–Trinajstić information content (AvgIpc) is 2.70. The first kappa shape index (κ1) is 19.6. The molecule has 28 heavy (non-hydrogen) atoms. The molecule has 0 aliphatic carbocycles. The van der Waals surface area contributed by atoms with E-state index in [0.717, 1.165) is 30.4 Å². The molecule has 0 saturated carbocycles. The Bertz CT molecular complexity index is 899. The maximum absolute atomic E-state index is 13.7. The molecule has 2 N–H and O–H groups in total. The first-order chi connectivity index (χ1) is 13.6. The maximum Gasteiger partial charge on any atom is 0.131 e. The lowest BCUT2D eigenvalue weighted by atomic mass is 10.1. The summed E-state index contributed by atoms with van der Waals surface area (Å²) in [6.07, 6.45) is 1.47. The van der Waals surface area contributed by atoms with Gasteiger partial charge in [-0.15, -0.1) is 0 Å². The Kier molecular flexibility index (Phi) is 6.78. The number of aromatic nitrogens is 2. The van der Waals surface area contributed by atoms with Gasteiger partial charge in [0.25, 0.3) is 0 Å². The minimum Gasteiger partial charge on any atom is -0.497 e. The molecule has 0 unspecified atom stereocenters. The Balaban J connectivity index is 1.51. The molecular weight excluding hydrogens is 355 g/mol. The second-order valence-corrected chi connectivity index (χ2v) is 6.48. The summed E-state index contributed by atoms with van der Waals surface area (Å²) >= 11 is 0. The van der Waals surface area contributed by atoms with Crippen molar-refractivity contribution >= 4 is 11.6 Å². The van der Waals surface area contributed by atoms with Crippen LogP contribution >= 0.6 is 0 Å². The van der Waals surface area contributed by atoms with E-state index in [-0.39, 0.29) is 5.82 Å². The van der Waals surface area contributed by atoms with E-state index < -0.39 is 0 Å². The van der Waals surface area contributed by atoms with Crippen molar-refractivity contribution in [3.05, 3.63) is 77.4 Å². The summed E-state index contributed by atoms with van der Waals surface area (Å²) in [5.74, 6) is 2.87. The smallest absolute Gasteiger partial charge is 0.131 e. The minimum atomic E-state index is -0.177. The monoisotopic (exact) mass is 380 g/mol. The van der Waals surface area contributed by atoms with Crippen LogP contribution in [0.25, 0.3) is 0 Å². The molecule has 0 atom stereocenters. The van der Waals surface area contributed by atoms with E-state index in [2.05, 4.69) is 32.7 Å². The Morgan fingerprint density at radius 3 is 2.18 bits per heavy atom. The highest BCUT2D eigenvalue weighted by molar-refractivity contribution is 5.47. The molecule has 5 nitrogen and oxygen atoms in total. The van der Waals surface area contributed by atoms with Crippen molar-refractivity contribution in [3.8, 4) is 5.75 Å². The van der Waals surface area contributed by atoms with Crippen LogP contribution in [0.2, 0.25) is 0 Å². The van der Waals surface area contributed by atoms with Crippen molar-refractivity contribution < 1.29 is 9.13 Å². The third kappa shape index (κ3) is 5.67. The SMILES string of the molecule is COc1ccc(CCNc2cc(NCCc3ccccc3F)nc(C)n2)cc1. The van der Waals surface area contributed by atoms with E-state index in [1.807, 2.05) is 31.2 Å². The summed E-state index contributed by atoms with van der Waals surface area (Å²) in [5, 5.41) is 6.59. The van der Waals surface area contributed by atoms with Gasteiger partial charge in [-0.25, -0.2) is 14.4 Å². The summed E-state index contributed by atoms with van der Waals surface area (Å²) in [6.45, 7) is 3.22. The summed E-state index contributed by atoms with van der Waals surface area (Å²) in [4.78, 5) is 8.83. The quantitative estimate of drug-likeness (QED) is 0.581. The van der Waals surface area contributed by atoms with Crippen LogP contribution in [-0.4, -0.2) is 30.2 Å². The van der Waals surface area contributed by atoms with E-state index in [1.54, 1.807) is 19.2 Å². The number of aryl methyl sites for hydroxylation is 1. The van der Waals surface area contributed by atoms with Crippen LogP contribution in [0, 0.1) is 12.7 Å². The van der Waals surface area contributed by atoms with Crippen LogP contribution in [-0.2, 0) is 12.8 Å². The Morgan fingerprint density at radius 1 is 0.893 bits per heavy atom. The largest absolute Gasteiger partial charge is 0.497 e. The van der Waals surface area contributed by atoms with Gasteiger partial charge >= 0.3 is 0 Å². The van der Waals surface area contributed by atoms with Crippen LogP contribution < -0.4 is 15.4 Å². The second-order valence-electron chi connectivity index (χ2n) is 6.48. The zero-order valence-electron chi connectivity index (χ0n) is 16.2. The average molecular weight is 380 g/mol. The Morgan fingerprint density at radius 2 is 1.54 bits per heavy atom. The van der Waals surface area contributed by atoms with E-state index in [9.17, 15) is 4.39 Å². The van der Waals surface area contributed by atoms with Gasteiger partial charge in [-0.3, -0.25) is 0 Å². The predicted octanol–water partition coefficient (Wildman–Crippen LogP) is 4.24. The van der Waals surface area contributed by atoms with E-state index >= 15 is 0 Å². The summed E-state index contributed by atoms with van der Waals surface area (Å²) in [5.41, 5.74) is 1.92. The van der Waals surface area contributed by atoms with Crippen molar-refractivity contribution in [2.75, 3.05) is 30.8 Å². The number of hydrogen-bond acceptors (Lipinski definition) is 5.